The van der Waals surface area contributed by atoms with E-state index in [1.165, 1.54) is 5.56 Å². The van der Waals surface area contributed by atoms with Gasteiger partial charge in [0.25, 0.3) is 0 Å². The van der Waals surface area contributed by atoms with Crippen molar-refractivity contribution in [1.29, 1.82) is 0 Å². The van der Waals surface area contributed by atoms with E-state index in [0.29, 0.717) is 0 Å². The van der Waals surface area contributed by atoms with Crippen LogP contribution < -0.4 is 0 Å². The number of hydrogen-bond acceptors (Lipinski definition) is 1. The van der Waals surface area contributed by atoms with E-state index in [1.807, 2.05) is 6.07 Å². The number of allylic oxidation sites excluding steroid dienone is 4. The molecule has 0 aromatic heterocycles. The largest absolute Gasteiger partial charge is 0.396 e. The van der Waals surface area contributed by atoms with E-state index in [9.17, 15) is 5.11 Å². The molecule has 1 aromatic rings. The molecule has 1 aromatic carbocycles. The Balaban J connectivity index is 2.35. The molecule has 1 unspecified atom stereocenters. The Labute approximate surface area is 90.8 Å². The molecule has 1 aliphatic rings. The average molecular weight is 200 g/mol. The van der Waals surface area contributed by atoms with Crippen LogP contribution in [0, 0.1) is 0 Å². The zero-order valence-electron chi connectivity index (χ0n) is 8.76. The number of aliphatic hydroxyl groups excluding tert-OH is 1. The molecule has 0 amide bonds. The van der Waals surface area contributed by atoms with Gasteiger partial charge in [-0.2, -0.15) is 0 Å². The van der Waals surface area contributed by atoms with Crippen LogP contribution in [0.2, 0.25) is 0 Å². The predicted octanol–water partition coefficient (Wildman–Crippen LogP) is 2.82. The molecule has 0 fully saturated rings. The van der Waals surface area contributed by atoms with Gasteiger partial charge in [-0.3, -0.25) is 0 Å². The lowest BCUT2D eigenvalue weighted by Crippen LogP contribution is -2.25. The Morgan fingerprint density at radius 1 is 1.13 bits per heavy atom. The van der Waals surface area contributed by atoms with E-state index in [0.717, 1.165) is 12.8 Å². The van der Waals surface area contributed by atoms with Crippen LogP contribution in [-0.2, 0) is 5.41 Å². The minimum absolute atomic E-state index is 0.00472. The molecule has 78 valence electrons. The van der Waals surface area contributed by atoms with Crippen molar-refractivity contribution in [2.24, 2.45) is 0 Å². The lowest BCUT2D eigenvalue weighted by Gasteiger charge is -2.31. The molecule has 0 bridgehead atoms. The lowest BCUT2D eigenvalue weighted by molar-refractivity contribution is 0.255. The van der Waals surface area contributed by atoms with E-state index in [-0.39, 0.29) is 12.0 Å². The van der Waals surface area contributed by atoms with Crippen molar-refractivity contribution in [1.82, 2.24) is 0 Å². The maximum atomic E-state index is 9.19. The fraction of sp³-hybridized carbons (Fsp3) is 0.286. The van der Waals surface area contributed by atoms with Gasteiger partial charge in [0.2, 0.25) is 0 Å². The van der Waals surface area contributed by atoms with Crippen molar-refractivity contribution in [3.05, 3.63) is 60.2 Å². The summed E-state index contributed by atoms with van der Waals surface area (Å²) in [6.07, 6.45) is 10.3. The van der Waals surface area contributed by atoms with Gasteiger partial charge in [0.05, 0.1) is 0 Å². The smallest absolute Gasteiger partial charge is 0.0442 e. The van der Waals surface area contributed by atoms with E-state index in [2.05, 4.69) is 48.6 Å². The molecule has 0 spiro atoms. The molecule has 15 heavy (non-hydrogen) atoms. The lowest BCUT2D eigenvalue weighted by atomic mass is 9.73. The van der Waals surface area contributed by atoms with Gasteiger partial charge >= 0.3 is 0 Å². The Bertz CT molecular complexity index is 364. The summed E-state index contributed by atoms with van der Waals surface area (Å²) in [5.74, 6) is 0. The van der Waals surface area contributed by atoms with Gasteiger partial charge in [0.15, 0.2) is 0 Å². The van der Waals surface area contributed by atoms with Crippen LogP contribution in [0.15, 0.2) is 54.6 Å². The standard InChI is InChI=1S/C14H16O/c15-12-11-14(9-5-2-6-10-14)13-7-3-1-4-8-13/h1-9,15H,10-12H2. The van der Waals surface area contributed by atoms with Crippen LogP contribution in [0.25, 0.3) is 0 Å². The molecule has 1 nitrogen and oxygen atoms in total. The third-order valence-electron chi connectivity index (χ3n) is 3.05. The van der Waals surface area contributed by atoms with Crippen molar-refractivity contribution in [3.63, 3.8) is 0 Å². The van der Waals surface area contributed by atoms with Crippen LogP contribution in [0.5, 0.6) is 0 Å². The zero-order valence-corrected chi connectivity index (χ0v) is 8.76. The van der Waals surface area contributed by atoms with Gasteiger partial charge in [0, 0.05) is 12.0 Å². The highest BCUT2D eigenvalue weighted by atomic mass is 16.3. The van der Waals surface area contributed by atoms with Crippen molar-refractivity contribution in [2.45, 2.75) is 18.3 Å². The second-order valence-corrected chi connectivity index (χ2v) is 3.99. The molecule has 1 atom stereocenters. The highest BCUT2D eigenvalue weighted by molar-refractivity contribution is 5.35. The first kappa shape index (κ1) is 10.2. The molecule has 0 saturated carbocycles. The van der Waals surface area contributed by atoms with Gasteiger partial charge in [-0.15, -0.1) is 0 Å². The summed E-state index contributed by atoms with van der Waals surface area (Å²) >= 11 is 0. The molecule has 1 heteroatoms. The molecule has 0 radical (unpaired) electrons. The summed E-state index contributed by atoms with van der Waals surface area (Å²) in [5, 5.41) is 9.19. The maximum absolute atomic E-state index is 9.19. The van der Waals surface area contributed by atoms with Crippen LogP contribution in [0.4, 0.5) is 0 Å². The van der Waals surface area contributed by atoms with Gasteiger partial charge in [-0.25, -0.2) is 0 Å². The first-order valence-electron chi connectivity index (χ1n) is 5.38. The topological polar surface area (TPSA) is 20.2 Å². The summed E-state index contributed by atoms with van der Waals surface area (Å²) in [5.41, 5.74) is 1.30. The van der Waals surface area contributed by atoms with Crippen LogP contribution in [0.3, 0.4) is 0 Å². The van der Waals surface area contributed by atoms with Gasteiger partial charge in [-0.05, 0) is 18.4 Å². The SMILES string of the molecule is OCCC1(c2ccccc2)C=CC=CC1. The first-order chi connectivity index (χ1) is 7.37. The minimum Gasteiger partial charge on any atom is -0.396 e. The summed E-state index contributed by atoms with van der Waals surface area (Å²) in [6, 6.07) is 10.4. The Hall–Kier alpha value is -1.34. The summed E-state index contributed by atoms with van der Waals surface area (Å²) in [7, 11) is 0. The van der Waals surface area contributed by atoms with Gasteiger partial charge in [0.1, 0.15) is 0 Å². The molecule has 0 aliphatic heterocycles. The van der Waals surface area contributed by atoms with Crippen LogP contribution in [0.1, 0.15) is 18.4 Å². The van der Waals surface area contributed by atoms with E-state index in [1.54, 1.807) is 0 Å². The third-order valence-corrected chi connectivity index (χ3v) is 3.05. The van der Waals surface area contributed by atoms with Crippen LogP contribution >= 0.6 is 0 Å². The van der Waals surface area contributed by atoms with Crippen LogP contribution in [-0.4, -0.2) is 11.7 Å². The molecule has 1 aliphatic carbocycles. The van der Waals surface area contributed by atoms with Gasteiger partial charge < -0.3 is 5.11 Å². The monoisotopic (exact) mass is 200 g/mol. The minimum atomic E-state index is 0.00472. The average Bonchev–Trinajstić information content (AvgIpc) is 2.32. The van der Waals surface area contributed by atoms with E-state index < -0.39 is 0 Å². The first-order valence-corrected chi connectivity index (χ1v) is 5.38. The van der Waals surface area contributed by atoms with Crippen molar-refractivity contribution >= 4 is 0 Å². The Morgan fingerprint density at radius 3 is 2.53 bits per heavy atom. The summed E-state index contributed by atoms with van der Waals surface area (Å²) < 4.78 is 0. The fourth-order valence-corrected chi connectivity index (χ4v) is 2.18. The number of hydrogen-bond donors (Lipinski definition) is 1. The second-order valence-electron chi connectivity index (χ2n) is 3.99. The summed E-state index contributed by atoms with van der Waals surface area (Å²) in [6.45, 7) is 0.229. The van der Waals surface area contributed by atoms with Gasteiger partial charge in [-0.1, -0.05) is 54.6 Å². The maximum Gasteiger partial charge on any atom is 0.0442 e. The molecule has 1 N–H and O–H groups in total. The zero-order chi connectivity index (χ0) is 10.6. The normalized spacial score (nSPS) is 24.3. The summed E-state index contributed by atoms with van der Waals surface area (Å²) in [4.78, 5) is 0. The fourth-order valence-electron chi connectivity index (χ4n) is 2.18. The number of benzene rings is 1. The molecule has 2 rings (SSSR count). The highest BCUT2D eigenvalue weighted by Crippen LogP contribution is 2.35. The second kappa shape index (κ2) is 4.45. The Morgan fingerprint density at radius 2 is 1.93 bits per heavy atom. The third kappa shape index (κ3) is 2.02. The quantitative estimate of drug-likeness (QED) is 0.795. The molecule has 0 saturated heterocycles. The molecule has 0 heterocycles. The Kier molecular flexibility index (Phi) is 3.02. The molecular weight excluding hydrogens is 184 g/mol. The van der Waals surface area contributed by atoms with E-state index in [4.69, 9.17) is 0 Å². The van der Waals surface area contributed by atoms with E-state index >= 15 is 0 Å². The van der Waals surface area contributed by atoms with Crippen molar-refractivity contribution in [3.8, 4) is 0 Å². The highest BCUT2D eigenvalue weighted by Gasteiger charge is 2.28. The number of aliphatic hydroxyl groups is 1. The molecular formula is C14H16O. The van der Waals surface area contributed by atoms with Crippen molar-refractivity contribution in [2.75, 3.05) is 6.61 Å². The number of rotatable bonds is 3. The predicted molar refractivity (Wildman–Crippen MR) is 62.7 cm³/mol. The van der Waals surface area contributed by atoms with Crippen molar-refractivity contribution < 1.29 is 5.11 Å².